The quantitative estimate of drug-likeness (QED) is 0.497. The largest absolute Gasteiger partial charge is 0.0683 e. The van der Waals surface area contributed by atoms with Gasteiger partial charge in [0.15, 0.2) is 0 Å². The van der Waals surface area contributed by atoms with Gasteiger partial charge in [-0.25, -0.2) is 0 Å². The maximum Gasteiger partial charge on any atom is -0.0443 e. The lowest BCUT2D eigenvalue weighted by atomic mass is 9.96. The standard InChI is InChI=1S/C12H26.C2H6/c1-5-6-9-12(4)10-7-8-11(2)3;1-2/h11-12H,5-10H2,1-4H3;1-2H3. The van der Waals surface area contributed by atoms with E-state index < -0.39 is 0 Å². The summed E-state index contributed by atoms with van der Waals surface area (Å²) in [6, 6.07) is 0. The zero-order chi connectivity index (χ0) is 11.4. The van der Waals surface area contributed by atoms with Crippen LogP contribution < -0.4 is 0 Å². The zero-order valence-corrected chi connectivity index (χ0v) is 11.4. The Bertz CT molecular complexity index is 84.0. The van der Waals surface area contributed by atoms with Crippen LogP contribution in [0, 0.1) is 11.8 Å². The van der Waals surface area contributed by atoms with Gasteiger partial charge in [0.1, 0.15) is 0 Å². The Morgan fingerprint density at radius 3 is 1.71 bits per heavy atom. The summed E-state index contributed by atoms with van der Waals surface area (Å²) in [6.45, 7) is 13.3. The van der Waals surface area contributed by atoms with E-state index in [-0.39, 0.29) is 0 Å². The van der Waals surface area contributed by atoms with Gasteiger partial charge in [0.25, 0.3) is 0 Å². The van der Waals surface area contributed by atoms with Crippen LogP contribution in [-0.4, -0.2) is 0 Å². The topological polar surface area (TPSA) is 0 Å². The summed E-state index contributed by atoms with van der Waals surface area (Å²) in [7, 11) is 0. The lowest BCUT2D eigenvalue weighted by Crippen LogP contribution is -1.96. The van der Waals surface area contributed by atoms with Crippen LogP contribution in [0.5, 0.6) is 0 Å². The van der Waals surface area contributed by atoms with Gasteiger partial charge in [0.2, 0.25) is 0 Å². The minimum absolute atomic E-state index is 0.892. The Labute approximate surface area is 92.5 Å². The third-order valence-corrected chi connectivity index (χ3v) is 2.53. The van der Waals surface area contributed by atoms with E-state index in [4.69, 9.17) is 0 Å². The summed E-state index contributed by atoms with van der Waals surface area (Å²) in [5.41, 5.74) is 0. The highest BCUT2D eigenvalue weighted by atomic mass is 14.1. The Morgan fingerprint density at radius 1 is 0.786 bits per heavy atom. The van der Waals surface area contributed by atoms with Crippen molar-refractivity contribution in [2.45, 2.75) is 80.1 Å². The summed E-state index contributed by atoms with van der Waals surface area (Å²) in [5.74, 6) is 1.85. The van der Waals surface area contributed by atoms with Crippen LogP contribution in [0.3, 0.4) is 0 Å². The van der Waals surface area contributed by atoms with E-state index in [0.717, 1.165) is 11.8 Å². The van der Waals surface area contributed by atoms with Crippen LogP contribution in [0.25, 0.3) is 0 Å². The van der Waals surface area contributed by atoms with Crippen LogP contribution in [-0.2, 0) is 0 Å². The first-order chi connectivity index (χ1) is 6.66. The van der Waals surface area contributed by atoms with E-state index >= 15 is 0 Å². The molecule has 0 aromatic carbocycles. The van der Waals surface area contributed by atoms with E-state index in [2.05, 4.69) is 27.7 Å². The van der Waals surface area contributed by atoms with Crippen molar-refractivity contribution >= 4 is 0 Å². The fourth-order valence-corrected chi connectivity index (χ4v) is 1.57. The summed E-state index contributed by atoms with van der Waals surface area (Å²) >= 11 is 0. The molecule has 0 rings (SSSR count). The molecule has 0 aliphatic heterocycles. The molecule has 0 N–H and O–H groups in total. The van der Waals surface area contributed by atoms with Gasteiger partial charge in [0, 0.05) is 0 Å². The first-order valence-corrected chi connectivity index (χ1v) is 6.66. The minimum Gasteiger partial charge on any atom is -0.0683 e. The second kappa shape index (κ2) is 13.0. The molecule has 0 aromatic rings. The second-order valence-electron chi connectivity index (χ2n) is 4.57. The summed E-state index contributed by atoms with van der Waals surface area (Å²) in [5, 5.41) is 0. The molecule has 0 saturated heterocycles. The molecule has 0 radical (unpaired) electrons. The average molecular weight is 200 g/mol. The van der Waals surface area contributed by atoms with Crippen molar-refractivity contribution in [3.63, 3.8) is 0 Å². The minimum atomic E-state index is 0.892. The maximum atomic E-state index is 2.40. The van der Waals surface area contributed by atoms with E-state index in [1.807, 2.05) is 13.8 Å². The van der Waals surface area contributed by atoms with Crippen LogP contribution in [0.2, 0.25) is 0 Å². The molecule has 1 atom stereocenters. The van der Waals surface area contributed by atoms with Crippen molar-refractivity contribution in [2.75, 3.05) is 0 Å². The van der Waals surface area contributed by atoms with Gasteiger partial charge in [-0.15, -0.1) is 0 Å². The zero-order valence-electron chi connectivity index (χ0n) is 11.4. The first kappa shape index (κ1) is 16.4. The number of hydrogen-bond acceptors (Lipinski definition) is 0. The molecule has 88 valence electrons. The third kappa shape index (κ3) is 14.5. The molecule has 0 spiro atoms. The predicted octanol–water partition coefficient (Wildman–Crippen LogP) is 5.67. The summed E-state index contributed by atoms with van der Waals surface area (Å²) in [4.78, 5) is 0. The molecule has 0 heterocycles. The lowest BCUT2D eigenvalue weighted by Gasteiger charge is -2.11. The van der Waals surface area contributed by atoms with Crippen molar-refractivity contribution < 1.29 is 0 Å². The van der Waals surface area contributed by atoms with Gasteiger partial charge >= 0.3 is 0 Å². The Kier molecular flexibility index (Phi) is 15.3. The number of unbranched alkanes of at least 4 members (excludes halogenated alkanes) is 1. The molecule has 0 aliphatic rings. The summed E-state index contributed by atoms with van der Waals surface area (Å²) in [6.07, 6.45) is 8.50. The lowest BCUT2D eigenvalue weighted by molar-refractivity contribution is 0.425. The van der Waals surface area contributed by atoms with Gasteiger partial charge in [0.05, 0.1) is 0 Å². The second-order valence-corrected chi connectivity index (χ2v) is 4.57. The smallest absolute Gasteiger partial charge is 0.0443 e. The van der Waals surface area contributed by atoms with Crippen molar-refractivity contribution in [3.05, 3.63) is 0 Å². The molecule has 0 bridgehead atoms. The highest BCUT2D eigenvalue weighted by Crippen LogP contribution is 2.16. The number of hydrogen-bond donors (Lipinski definition) is 0. The highest BCUT2D eigenvalue weighted by molar-refractivity contribution is 4.54. The SMILES string of the molecule is CC.CCCCC(C)CCCC(C)C. The molecule has 0 saturated carbocycles. The predicted molar refractivity (Wildman–Crippen MR) is 68.7 cm³/mol. The Hall–Kier alpha value is 0. The van der Waals surface area contributed by atoms with E-state index in [1.54, 1.807) is 0 Å². The molecule has 1 unspecified atom stereocenters. The van der Waals surface area contributed by atoms with Gasteiger partial charge in [-0.1, -0.05) is 80.1 Å². The van der Waals surface area contributed by atoms with E-state index in [9.17, 15) is 0 Å². The van der Waals surface area contributed by atoms with Crippen LogP contribution in [0.1, 0.15) is 80.1 Å². The monoisotopic (exact) mass is 200 g/mol. The van der Waals surface area contributed by atoms with Gasteiger partial charge < -0.3 is 0 Å². The van der Waals surface area contributed by atoms with Crippen LogP contribution in [0.4, 0.5) is 0 Å². The van der Waals surface area contributed by atoms with Crippen molar-refractivity contribution in [1.82, 2.24) is 0 Å². The molecule has 0 aromatic heterocycles. The maximum absolute atomic E-state index is 2.40. The normalized spacial score (nSPS) is 12.2. The Morgan fingerprint density at radius 2 is 1.29 bits per heavy atom. The first-order valence-electron chi connectivity index (χ1n) is 6.66. The molecule has 14 heavy (non-hydrogen) atoms. The molecule has 0 heteroatoms. The van der Waals surface area contributed by atoms with Crippen LogP contribution >= 0.6 is 0 Å². The molecular weight excluding hydrogens is 168 g/mol. The molecule has 0 aliphatic carbocycles. The third-order valence-electron chi connectivity index (χ3n) is 2.53. The highest BCUT2D eigenvalue weighted by Gasteiger charge is 2.01. The van der Waals surface area contributed by atoms with Gasteiger partial charge in [-0.05, 0) is 11.8 Å². The molecule has 0 nitrogen and oxygen atoms in total. The average Bonchev–Trinajstić information content (AvgIpc) is 2.17. The molecular formula is C14H32. The van der Waals surface area contributed by atoms with E-state index in [0.29, 0.717) is 0 Å². The molecule has 0 amide bonds. The summed E-state index contributed by atoms with van der Waals surface area (Å²) < 4.78 is 0. The fourth-order valence-electron chi connectivity index (χ4n) is 1.57. The number of rotatable bonds is 7. The van der Waals surface area contributed by atoms with Crippen molar-refractivity contribution in [1.29, 1.82) is 0 Å². The van der Waals surface area contributed by atoms with Crippen LogP contribution in [0.15, 0.2) is 0 Å². The fraction of sp³-hybridized carbons (Fsp3) is 1.00. The van der Waals surface area contributed by atoms with Crippen molar-refractivity contribution in [3.8, 4) is 0 Å². The van der Waals surface area contributed by atoms with Gasteiger partial charge in [-0.2, -0.15) is 0 Å². The van der Waals surface area contributed by atoms with Crippen molar-refractivity contribution in [2.24, 2.45) is 11.8 Å². The van der Waals surface area contributed by atoms with Gasteiger partial charge in [-0.3, -0.25) is 0 Å². The molecule has 0 fully saturated rings. The Balaban J connectivity index is 0. The van der Waals surface area contributed by atoms with E-state index in [1.165, 1.54) is 38.5 Å².